The Kier molecular flexibility index (Phi) is 5.14. The van der Waals surface area contributed by atoms with E-state index >= 15 is 0 Å². The lowest BCUT2D eigenvalue weighted by molar-refractivity contribution is -0.178. The summed E-state index contributed by atoms with van der Waals surface area (Å²) in [4.78, 5) is 0. The summed E-state index contributed by atoms with van der Waals surface area (Å²) in [6.45, 7) is 1.84. The minimum absolute atomic E-state index is 0.0806. The van der Waals surface area contributed by atoms with E-state index in [0.29, 0.717) is 25.6 Å². The second kappa shape index (κ2) is 6.43. The fraction of sp³-hybridized carbons (Fsp3) is 1.00. The Balaban J connectivity index is 2.00. The molecule has 1 aliphatic heterocycles. The molecular weight excluding hydrogens is 254 g/mol. The van der Waals surface area contributed by atoms with E-state index in [1.54, 1.807) is 7.11 Å². The highest BCUT2D eigenvalue weighted by atomic mass is 32.2. The van der Waals surface area contributed by atoms with Gasteiger partial charge in [0.25, 0.3) is 0 Å². The van der Waals surface area contributed by atoms with E-state index in [0.717, 1.165) is 19.3 Å². The number of nitrogens with one attached hydrogen (secondary N) is 1. The minimum Gasteiger partial charge on any atom is -0.384 e. The molecule has 1 spiro atoms. The van der Waals surface area contributed by atoms with Crippen LogP contribution >= 0.6 is 0 Å². The summed E-state index contributed by atoms with van der Waals surface area (Å²) in [5.41, 5.74) is 0. The van der Waals surface area contributed by atoms with E-state index < -0.39 is 16.6 Å². The van der Waals surface area contributed by atoms with Crippen LogP contribution in [0.15, 0.2) is 0 Å². The fourth-order valence-electron chi connectivity index (χ4n) is 2.79. The van der Waals surface area contributed by atoms with Gasteiger partial charge in [-0.3, -0.25) is 4.21 Å². The highest BCUT2D eigenvalue weighted by Gasteiger charge is 2.46. The van der Waals surface area contributed by atoms with E-state index in [9.17, 15) is 4.21 Å². The van der Waals surface area contributed by atoms with Gasteiger partial charge in [0.05, 0.1) is 25.1 Å². The van der Waals surface area contributed by atoms with Crippen LogP contribution in [0.25, 0.3) is 0 Å². The first-order valence-electron chi connectivity index (χ1n) is 6.52. The largest absolute Gasteiger partial charge is 0.384 e. The molecule has 1 heterocycles. The number of hydrogen-bond donors (Lipinski definition) is 1. The summed E-state index contributed by atoms with van der Waals surface area (Å²) < 4.78 is 28.8. The van der Waals surface area contributed by atoms with Crippen LogP contribution in [0.2, 0.25) is 0 Å². The number of hydrogen-bond acceptors (Lipinski definition) is 5. The fourth-order valence-corrected chi connectivity index (χ4v) is 4.51. The molecule has 2 aliphatic rings. The number of rotatable bonds is 5. The molecule has 0 aromatic carbocycles. The van der Waals surface area contributed by atoms with Crippen molar-refractivity contribution in [3.05, 3.63) is 0 Å². The third kappa shape index (κ3) is 3.11. The molecule has 1 saturated heterocycles. The molecule has 2 fully saturated rings. The molecule has 1 saturated carbocycles. The van der Waals surface area contributed by atoms with Crippen LogP contribution in [0, 0.1) is 0 Å². The topological polar surface area (TPSA) is 56.8 Å². The van der Waals surface area contributed by atoms with Crippen LogP contribution < -0.4 is 5.32 Å². The molecule has 18 heavy (non-hydrogen) atoms. The molecule has 1 N–H and O–H groups in total. The SMILES string of the molecule is CNC1CCC2(CC1S(=O)CCOC)OCCO2. The average Bonchev–Trinajstić information content (AvgIpc) is 2.84. The normalized spacial score (nSPS) is 32.8. The summed E-state index contributed by atoms with van der Waals surface area (Å²) in [5.74, 6) is 0.107. The highest BCUT2D eigenvalue weighted by Crippen LogP contribution is 2.37. The van der Waals surface area contributed by atoms with E-state index in [1.807, 2.05) is 7.05 Å². The van der Waals surface area contributed by atoms with Gasteiger partial charge in [-0.25, -0.2) is 0 Å². The van der Waals surface area contributed by atoms with Gasteiger partial charge in [0.15, 0.2) is 5.79 Å². The van der Waals surface area contributed by atoms with Crippen molar-refractivity contribution in [2.75, 3.05) is 39.7 Å². The van der Waals surface area contributed by atoms with Crippen molar-refractivity contribution in [2.45, 2.75) is 36.3 Å². The maximum absolute atomic E-state index is 12.3. The number of methoxy groups -OCH3 is 1. The average molecular weight is 277 g/mol. The standard InChI is InChI=1S/C12H23NO4S/c1-13-10-3-4-12(16-5-6-17-12)9-11(10)18(14)8-7-15-2/h10-11,13H,3-9H2,1-2H3. The first-order valence-corrected chi connectivity index (χ1v) is 7.90. The van der Waals surface area contributed by atoms with Crippen molar-refractivity contribution in [3.8, 4) is 0 Å². The summed E-state index contributed by atoms with van der Waals surface area (Å²) in [6, 6.07) is 0.279. The summed E-state index contributed by atoms with van der Waals surface area (Å²) in [7, 11) is 2.66. The zero-order valence-corrected chi connectivity index (χ0v) is 12.0. The molecule has 0 radical (unpaired) electrons. The first-order chi connectivity index (χ1) is 8.71. The lowest BCUT2D eigenvalue weighted by atomic mass is 9.89. The van der Waals surface area contributed by atoms with Crippen LogP contribution in [0.5, 0.6) is 0 Å². The Morgan fingerprint density at radius 3 is 2.78 bits per heavy atom. The van der Waals surface area contributed by atoms with Crippen molar-refractivity contribution in [3.63, 3.8) is 0 Å². The first kappa shape index (κ1) is 14.4. The minimum atomic E-state index is -0.906. The van der Waals surface area contributed by atoms with Gasteiger partial charge in [0.1, 0.15) is 0 Å². The van der Waals surface area contributed by atoms with Gasteiger partial charge < -0.3 is 19.5 Å². The third-order valence-corrected chi connectivity index (χ3v) is 5.55. The molecule has 0 aromatic heterocycles. The van der Waals surface area contributed by atoms with Crippen molar-refractivity contribution in [1.29, 1.82) is 0 Å². The van der Waals surface area contributed by atoms with E-state index in [1.165, 1.54) is 0 Å². The van der Waals surface area contributed by atoms with Crippen LogP contribution in [-0.2, 0) is 25.0 Å². The van der Waals surface area contributed by atoms with Crippen molar-refractivity contribution < 1.29 is 18.4 Å². The van der Waals surface area contributed by atoms with Crippen LogP contribution in [0.1, 0.15) is 19.3 Å². The molecule has 5 nitrogen and oxygen atoms in total. The summed E-state index contributed by atoms with van der Waals surface area (Å²) in [6.07, 6.45) is 2.55. The van der Waals surface area contributed by atoms with Gasteiger partial charge in [-0.1, -0.05) is 0 Å². The van der Waals surface area contributed by atoms with Gasteiger partial charge in [-0.15, -0.1) is 0 Å². The monoisotopic (exact) mass is 277 g/mol. The van der Waals surface area contributed by atoms with Crippen molar-refractivity contribution in [1.82, 2.24) is 5.32 Å². The molecule has 3 atom stereocenters. The summed E-state index contributed by atoms with van der Waals surface area (Å²) in [5, 5.41) is 3.35. The summed E-state index contributed by atoms with van der Waals surface area (Å²) >= 11 is 0. The Hall–Kier alpha value is -0.0100. The van der Waals surface area contributed by atoms with Gasteiger partial charge in [0.2, 0.25) is 0 Å². The van der Waals surface area contributed by atoms with Crippen LogP contribution in [0.3, 0.4) is 0 Å². The molecule has 6 heteroatoms. The zero-order chi connectivity index (χ0) is 13.0. The van der Waals surface area contributed by atoms with E-state index in [2.05, 4.69) is 5.32 Å². The molecule has 0 aromatic rings. The zero-order valence-electron chi connectivity index (χ0n) is 11.1. The van der Waals surface area contributed by atoms with Crippen molar-refractivity contribution >= 4 is 10.8 Å². The smallest absolute Gasteiger partial charge is 0.169 e. The third-order valence-electron chi connectivity index (χ3n) is 3.81. The van der Waals surface area contributed by atoms with E-state index in [-0.39, 0.29) is 11.3 Å². The number of ether oxygens (including phenoxy) is 3. The highest BCUT2D eigenvalue weighted by molar-refractivity contribution is 7.85. The van der Waals surface area contributed by atoms with E-state index in [4.69, 9.17) is 14.2 Å². The molecule has 0 amide bonds. The maximum atomic E-state index is 12.3. The van der Waals surface area contributed by atoms with Crippen molar-refractivity contribution in [2.24, 2.45) is 0 Å². The Morgan fingerprint density at radius 1 is 1.44 bits per heavy atom. The lowest BCUT2D eigenvalue weighted by Crippen LogP contribution is -2.52. The predicted octanol–water partition coefficient (Wildman–Crippen LogP) is 0.265. The Morgan fingerprint density at radius 2 is 2.17 bits per heavy atom. The van der Waals surface area contributed by atoms with Gasteiger partial charge in [-0.2, -0.15) is 0 Å². The Bertz CT molecular complexity index is 294. The molecule has 0 bridgehead atoms. The molecule has 1 aliphatic carbocycles. The lowest BCUT2D eigenvalue weighted by Gasteiger charge is -2.40. The van der Waals surface area contributed by atoms with Gasteiger partial charge in [-0.05, 0) is 13.5 Å². The van der Waals surface area contributed by atoms with Gasteiger partial charge >= 0.3 is 0 Å². The Labute approximate surface area is 111 Å². The van der Waals surface area contributed by atoms with Crippen LogP contribution in [-0.4, -0.2) is 61.0 Å². The quantitative estimate of drug-likeness (QED) is 0.781. The molecule has 3 unspecified atom stereocenters. The molecule has 106 valence electrons. The second-order valence-electron chi connectivity index (χ2n) is 4.86. The molecular formula is C12H23NO4S. The molecule has 2 rings (SSSR count). The maximum Gasteiger partial charge on any atom is 0.169 e. The van der Waals surface area contributed by atoms with Gasteiger partial charge in [0, 0.05) is 42.5 Å². The van der Waals surface area contributed by atoms with Crippen LogP contribution in [0.4, 0.5) is 0 Å². The predicted molar refractivity (Wildman–Crippen MR) is 70.0 cm³/mol. The second-order valence-corrected chi connectivity index (χ2v) is 6.64.